The van der Waals surface area contributed by atoms with Crippen molar-refractivity contribution in [2.75, 3.05) is 13.1 Å². The second-order valence-electron chi connectivity index (χ2n) is 7.21. The van der Waals surface area contributed by atoms with Crippen molar-refractivity contribution < 1.29 is 19.2 Å². The summed E-state index contributed by atoms with van der Waals surface area (Å²) in [5, 5.41) is 2.75. The molecular formula is C23H46N2O4S2. The smallest absolute Gasteiger partial charge is 0.220 e. The van der Waals surface area contributed by atoms with E-state index < -0.39 is 0 Å². The van der Waals surface area contributed by atoms with Crippen molar-refractivity contribution in [1.82, 2.24) is 5.32 Å². The fourth-order valence-corrected chi connectivity index (χ4v) is 3.35. The highest BCUT2D eigenvalue weighted by molar-refractivity contribution is 8.26. The van der Waals surface area contributed by atoms with Crippen LogP contribution in [-0.2, 0) is 19.2 Å². The third-order valence-electron chi connectivity index (χ3n) is 4.19. The van der Waals surface area contributed by atoms with Gasteiger partial charge in [0.25, 0.3) is 0 Å². The second-order valence-corrected chi connectivity index (χ2v) is 8.82. The van der Waals surface area contributed by atoms with Crippen molar-refractivity contribution >= 4 is 45.6 Å². The Balaban J connectivity index is -0.000000412. The molecule has 0 spiro atoms. The van der Waals surface area contributed by atoms with Gasteiger partial charge in [-0.15, -0.1) is 12.6 Å². The van der Waals surface area contributed by atoms with Crippen LogP contribution in [0.5, 0.6) is 0 Å². The summed E-state index contributed by atoms with van der Waals surface area (Å²) in [4.78, 5) is 42.5. The predicted molar refractivity (Wildman–Crippen MR) is 136 cm³/mol. The standard InChI is InChI=1S/C11H21NO2S.C6H15N.C5H6O2S.CH4/c1-2-3-4-5-9-12-10(13)7-6-8-11(14)15;1-2-3-4-5-6-7;6-4-2-1-3-5(7)8-4;/h2-9H2,1H3,(H,12,13)(H,14,15);2-7H2,1H3;1-3H2;1H4. The number of thiol groups is 1. The Morgan fingerprint density at radius 3 is 1.87 bits per heavy atom. The zero-order valence-corrected chi connectivity index (χ0v) is 20.6. The summed E-state index contributed by atoms with van der Waals surface area (Å²) in [5.41, 5.74) is 5.27. The lowest BCUT2D eigenvalue weighted by molar-refractivity contribution is -0.121. The highest BCUT2D eigenvalue weighted by Gasteiger charge is 2.15. The summed E-state index contributed by atoms with van der Waals surface area (Å²) in [5.74, 6) is 0.0427. The maximum Gasteiger partial charge on any atom is 0.220 e. The SMILES string of the molecule is C.CCCCCCN.CCCCCCNC(=O)CCCC(=O)S.O=C1CCCC(=O)S1. The second kappa shape index (κ2) is 27.2. The van der Waals surface area contributed by atoms with Gasteiger partial charge in [-0.3, -0.25) is 19.2 Å². The first-order chi connectivity index (χ1) is 14.4. The molecule has 1 aliphatic rings. The van der Waals surface area contributed by atoms with Gasteiger partial charge in [-0.25, -0.2) is 0 Å². The zero-order chi connectivity index (χ0) is 23.0. The van der Waals surface area contributed by atoms with Gasteiger partial charge < -0.3 is 11.1 Å². The number of nitrogens with one attached hydrogen (secondary N) is 1. The lowest BCUT2D eigenvalue weighted by atomic mass is 10.2. The number of nitrogens with two attached hydrogens (primary N) is 1. The highest BCUT2D eigenvalue weighted by Crippen LogP contribution is 2.19. The molecule has 1 aliphatic heterocycles. The molecule has 8 heteroatoms. The molecule has 0 bridgehead atoms. The van der Waals surface area contributed by atoms with Gasteiger partial charge in [-0.2, -0.15) is 0 Å². The Bertz CT molecular complexity index is 456. The van der Waals surface area contributed by atoms with E-state index in [2.05, 4.69) is 31.8 Å². The van der Waals surface area contributed by atoms with E-state index in [4.69, 9.17) is 5.73 Å². The normalized spacial score (nSPS) is 12.5. The van der Waals surface area contributed by atoms with Crippen molar-refractivity contribution in [2.45, 2.75) is 111 Å². The summed E-state index contributed by atoms with van der Waals surface area (Å²) in [6, 6.07) is 0. The third-order valence-corrected chi connectivity index (χ3v) is 5.28. The van der Waals surface area contributed by atoms with Crippen LogP contribution in [0.3, 0.4) is 0 Å². The first-order valence-electron chi connectivity index (χ1n) is 11.3. The summed E-state index contributed by atoms with van der Waals surface area (Å²) in [7, 11) is 0. The van der Waals surface area contributed by atoms with E-state index in [1.807, 2.05) is 0 Å². The summed E-state index contributed by atoms with van der Waals surface area (Å²) in [6.07, 6.45) is 13.1. The molecule has 3 N–H and O–H groups in total. The summed E-state index contributed by atoms with van der Waals surface area (Å²) >= 11 is 4.50. The Morgan fingerprint density at radius 1 is 0.903 bits per heavy atom. The van der Waals surface area contributed by atoms with E-state index in [-0.39, 0.29) is 28.7 Å². The van der Waals surface area contributed by atoms with Crippen LogP contribution >= 0.6 is 24.4 Å². The molecule has 0 aliphatic carbocycles. The molecular weight excluding hydrogens is 432 g/mol. The Hall–Kier alpha value is -0.860. The molecule has 184 valence electrons. The number of unbranched alkanes of at least 4 members (excludes halogenated alkanes) is 6. The van der Waals surface area contributed by atoms with Crippen molar-refractivity contribution in [3.8, 4) is 0 Å². The number of thioether (sulfide) groups is 1. The highest BCUT2D eigenvalue weighted by atomic mass is 32.2. The molecule has 0 aromatic heterocycles. The summed E-state index contributed by atoms with van der Waals surface area (Å²) in [6.45, 7) is 5.98. The molecule has 6 nitrogen and oxygen atoms in total. The molecule has 0 unspecified atom stereocenters. The van der Waals surface area contributed by atoms with Gasteiger partial charge in [0.05, 0.1) is 0 Å². The van der Waals surface area contributed by atoms with Gasteiger partial charge >= 0.3 is 0 Å². The van der Waals surface area contributed by atoms with Crippen molar-refractivity contribution in [1.29, 1.82) is 0 Å². The molecule has 0 aromatic carbocycles. The maximum absolute atomic E-state index is 11.2. The van der Waals surface area contributed by atoms with Gasteiger partial charge in [-0.05, 0) is 44.0 Å². The minimum atomic E-state index is -0.147. The van der Waals surface area contributed by atoms with Crippen LogP contribution in [-0.4, -0.2) is 34.3 Å². The molecule has 1 fully saturated rings. The van der Waals surface area contributed by atoms with E-state index in [1.54, 1.807) is 0 Å². The van der Waals surface area contributed by atoms with E-state index in [0.29, 0.717) is 32.1 Å². The topological polar surface area (TPSA) is 106 Å². The van der Waals surface area contributed by atoms with Gasteiger partial charge in [-0.1, -0.05) is 59.8 Å². The monoisotopic (exact) mass is 478 g/mol. The molecule has 1 saturated heterocycles. The molecule has 0 radical (unpaired) electrons. The molecule has 0 atom stereocenters. The van der Waals surface area contributed by atoms with Gasteiger partial charge in [0.2, 0.25) is 5.91 Å². The van der Waals surface area contributed by atoms with E-state index in [9.17, 15) is 19.2 Å². The quantitative estimate of drug-likeness (QED) is 0.241. The van der Waals surface area contributed by atoms with Crippen LogP contribution in [0.4, 0.5) is 0 Å². The number of carbonyl (C=O) groups is 4. The minimum Gasteiger partial charge on any atom is -0.356 e. The van der Waals surface area contributed by atoms with Crippen LogP contribution < -0.4 is 11.1 Å². The van der Waals surface area contributed by atoms with Crippen molar-refractivity contribution in [3.63, 3.8) is 0 Å². The van der Waals surface area contributed by atoms with Crippen LogP contribution in [0.15, 0.2) is 0 Å². The first kappa shape index (κ1) is 34.7. The van der Waals surface area contributed by atoms with Gasteiger partial charge in [0, 0.05) is 32.2 Å². The van der Waals surface area contributed by atoms with E-state index in [1.165, 1.54) is 44.9 Å². The van der Waals surface area contributed by atoms with Gasteiger partial charge in [0.1, 0.15) is 0 Å². The fourth-order valence-electron chi connectivity index (χ4n) is 2.45. The predicted octanol–water partition coefficient (Wildman–Crippen LogP) is 5.43. The number of hydrogen-bond acceptors (Lipinski definition) is 6. The number of amides is 1. The molecule has 1 rings (SSSR count). The Labute approximate surface area is 200 Å². The Morgan fingerprint density at radius 2 is 1.45 bits per heavy atom. The molecule has 1 heterocycles. The number of carbonyl (C=O) groups excluding carboxylic acids is 4. The lowest BCUT2D eigenvalue weighted by Crippen LogP contribution is -2.24. The number of hydrogen-bond donors (Lipinski definition) is 3. The van der Waals surface area contributed by atoms with Crippen LogP contribution in [0, 0.1) is 0 Å². The summed E-state index contributed by atoms with van der Waals surface area (Å²) < 4.78 is 0. The van der Waals surface area contributed by atoms with E-state index >= 15 is 0 Å². The maximum atomic E-state index is 11.2. The van der Waals surface area contributed by atoms with Gasteiger partial charge in [0.15, 0.2) is 15.3 Å². The zero-order valence-electron chi connectivity index (χ0n) is 18.9. The van der Waals surface area contributed by atoms with Crippen molar-refractivity contribution in [2.24, 2.45) is 5.73 Å². The average Bonchev–Trinajstić information content (AvgIpc) is 2.69. The average molecular weight is 479 g/mol. The van der Waals surface area contributed by atoms with Crippen LogP contribution in [0.1, 0.15) is 111 Å². The molecule has 0 aromatic rings. The van der Waals surface area contributed by atoms with Crippen LogP contribution in [0.2, 0.25) is 0 Å². The molecule has 31 heavy (non-hydrogen) atoms. The third kappa shape index (κ3) is 31.4. The lowest BCUT2D eigenvalue weighted by Gasteiger charge is -2.03. The van der Waals surface area contributed by atoms with Crippen molar-refractivity contribution in [3.05, 3.63) is 0 Å². The Kier molecular flexibility index (Phi) is 30.5. The molecule has 0 saturated carbocycles. The number of rotatable bonds is 13. The first-order valence-corrected chi connectivity index (χ1v) is 12.6. The van der Waals surface area contributed by atoms with Crippen LogP contribution in [0.25, 0.3) is 0 Å². The minimum absolute atomic E-state index is 0. The van der Waals surface area contributed by atoms with E-state index in [0.717, 1.165) is 37.7 Å². The largest absolute Gasteiger partial charge is 0.356 e. The molecule has 1 amide bonds. The fraction of sp³-hybridized carbons (Fsp3) is 0.826.